The summed E-state index contributed by atoms with van der Waals surface area (Å²) in [6.45, 7) is 2.65. The zero-order chi connectivity index (χ0) is 13.4. The number of carbonyl (C=O) groups is 1. The maximum atomic E-state index is 11.7. The van der Waals surface area contributed by atoms with Crippen LogP contribution in [0.1, 0.15) is 25.3 Å². The third-order valence-corrected chi connectivity index (χ3v) is 2.83. The highest BCUT2D eigenvalue weighted by atomic mass is 79.9. The number of carbonyl (C=O) groups excluding carboxylic acids is 1. The second-order valence-electron chi connectivity index (χ2n) is 3.83. The van der Waals surface area contributed by atoms with Crippen molar-refractivity contribution in [1.82, 2.24) is 5.32 Å². The highest BCUT2D eigenvalue weighted by molar-refractivity contribution is 9.10. The molecule has 0 saturated carbocycles. The number of nitrogens with one attached hydrogen (secondary N) is 1. The summed E-state index contributed by atoms with van der Waals surface area (Å²) in [6, 6.07) is 9.39. The van der Waals surface area contributed by atoms with Gasteiger partial charge in [0.25, 0.3) is 5.91 Å². The molecule has 0 bridgehead atoms. The molecule has 3 nitrogen and oxygen atoms in total. The summed E-state index contributed by atoms with van der Waals surface area (Å²) in [4.78, 5) is 11.7. The summed E-state index contributed by atoms with van der Waals surface area (Å²) < 4.78 is 0.917. The Morgan fingerprint density at radius 1 is 1.56 bits per heavy atom. The van der Waals surface area contributed by atoms with Crippen molar-refractivity contribution >= 4 is 27.9 Å². The molecule has 1 aromatic carbocycles. The summed E-state index contributed by atoms with van der Waals surface area (Å²) in [5, 5.41) is 11.7. The van der Waals surface area contributed by atoms with E-state index in [0.717, 1.165) is 22.9 Å². The highest BCUT2D eigenvalue weighted by Crippen LogP contribution is 2.14. The standard InChI is InChI=1S/C14H15BrN2O/c1-2-3-7-17-14(18)12(10-16)8-11-5-4-6-13(15)9-11/h4-6,8-9H,2-3,7H2,1H3,(H,17,18)/b12-8+. The average molecular weight is 307 g/mol. The minimum absolute atomic E-state index is 0.129. The van der Waals surface area contributed by atoms with Crippen LogP contribution in [-0.4, -0.2) is 12.5 Å². The van der Waals surface area contributed by atoms with Crippen LogP contribution >= 0.6 is 15.9 Å². The van der Waals surface area contributed by atoms with E-state index in [0.29, 0.717) is 6.54 Å². The molecular formula is C14H15BrN2O. The molecule has 1 rings (SSSR count). The fraction of sp³-hybridized carbons (Fsp3) is 0.286. The first-order valence-corrected chi connectivity index (χ1v) is 6.62. The molecule has 0 atom stereocenters. The van der Waals surface area contributed by atoms with Crippen LogP contribution in [0.3, 0.4) is 0 Å². The lowest BCUT2D eigenvalue weighted by Gasteiger charge is -2.03. The molecule has 0 spiro atoms. The Balaban J connectivity index is 2.77. The molecule has 18 heavy (non-hydrogen) atoms. The van der Waals surface area contributed by atoms with Gasteiger partial charge in [0, 0.05) is 11.0 Å². The first-order valence-electron chi connectivity index (χ1n) is 5.83. The van der Waals surface area contributed by atoms with E-state index in [1.807, 2.05) is 30.3 Å². The number of hydrogen-bond acceptors (Lipinski definition) is 2. The lowest BCUT2D eigenvalue weighted by atomic mass is 10.1. The largest absolute Gasteiger partial charge is 0.351 e. The fourth-order valence-electron chi connectivity index (χ4n) is 1.39. The van der Waals surface area contributed by atoms with Crippen LogP contribution in [-0.2, 0) is 4.79 Å². The van der Waals surface area contributed by atoms with E-state index in [1.165, 1.54) is 0 Å². The summed E-state index contributed by atoms with van der Waals surface area (Å²) in [5.74, 6) is -0.314. The Kier molecular flexibility index (Phi) is 6.16. The molecular weight excluding hydrogens is 292 g/mol. The number of halogens is 1. The third kappa shape index (κ3) is 4.72. The van der Waals surface area contributed by atoms with Gasteiger partial charge in [0.05, 0.1) is 0 Å². The number of nitriles is 1. The van der Waals surface area contributed by atoms with Gasteiger partial charge in [-0.2, -0.15) is 5.26 Å². The van der Waals surface area contributed by atoms with Crippen LogP contribution in [0.25, 0.3) is 6.08 Å². The minimum atomic E-state index is -0.314. The predicted octanol–water partition coefficient (Wildman–Crippen LogP) is 3.27. The van der Waals surface area contributed by atoms with Crippen LogP contribution in [0, 0.1) is 11.3 Å². The van der Waals surface area contributed by atoms with Crippen molar-refractivity contribution in [3.63, 3.8) is 0 Å². The van der Waals surface area contributed by atoms with Gasteiger partial charge in [-0.05, 0) is 30.2 Å². The van der Waals surface area contributed by atoms with E-state index in [9.17, 15) is 4.79 Å². The van der Waals surface area contributed by atoms with Gasteiger partial charge in [0.2, 0.25) is 0 Å². The van der Waals surface area contributed by atoms with Gasteiger partial charge in [0.1, 0.15) is 11.6 Å². The summed E-state index contributed by atoms with van der Waals surface area (Å²) in [5.41, 5.74) is 0.954. The van der Waals surface area contributed by atoms with Gasteiger partial charge in [-0.15, -0.1) is 0 Å². The van der Waals surface area contributed by atoms with E-state index >= 15 is 0 Å². The Morgan fingerprint density at radius 2 is 2.33 bits per heavy atom. The summed E-state index contributed by atoms with van der Waals surface area (Å²) in [7, 11) is 0. The van der Waals surface area contributed by atoms with Crippen molar-refractivity contribution in [3.05, 3.63) is 39.9 Å². The zero-order valence-electron chi connectivity index (χ0n) is 10.2. The Hall–Kier alpha value is -1.60. The first-order chi connectivity index (χ1) is 8.67. The average Bonchev–Trinajstić information content (AvgIpc) is 2.36. The Bertz CT molecular complexity index is 489. The second-order valence-corrected chi connectivity index (χ2v) is 4.75. The SMILES string of the molecule is CCCCNC(=O)/C(C#N)=C/c1cccc(Br)c1. The molecule has 94 valence electrons. The topological polar surface area (TPSA) is 52.9 Å². The van der Waals surface area contributed by atoms with Crippen molar-refractivity contribution in [3.8, 4) is 6.07 Å². The van der Waals surface area contributed by atoms with Gasteiger partial charge >= 0.3 is 0 Å². The highest BCUT2D eigenvalue weighted by Gasteiger charge is 2.07. The molecule has 0 unspecified atom stereocenters. The quantitative estimate of drug-likeness (QED) is 0.515. The Morgan fingerprint density at radius 3 is 2.94 bits per heavy atom. The van der Waals surface area contributed by atoms with Crippen molar-refractivity contribution in [2.75, 3.05) is 6.54 Å². The van der Waals surface area contributed by atoms with E-state index in [4.69, 9.17) is 5.26 Å². The number of unbranched alkanes of at least 4 members (excludes halogenated alkanes) is 1. The van der Waals surface area contributed by atoms with Crippen LogP contribution in [0.5, 0.6) is 0 Å². The van der Waals surface area contributed by atoms with Crippen molar-refractivity contribution < 1.29 is 4.79 Å². The van der Waals surface area contributed by atoms with Crippen LogP contribution in [0.4, 0.5) is 0 Å². The first kappa shape index (κ1) is 14.5. The molecule has 0 saturated heterocycles. The Labute approximate surface area is 116 Å². The van der Waals surface area contributed by atoms with Crippen molar-refractivity contribution in [2.24, 2.45) is 0 Å². The van der Waals surface area contributed by atoms with Crippen molar-refractivity contribution in [2.45, 2.75) is 19.8 Å². The molecule has 1 N–H and O–H groups in total. The van der Waals surface area contributed by atoms with E-state index in [1.54, 1.807) is 6.08 Å². The second kappa shape index (κ2) is 7.67. The van der Waals surface area contributed by atoms with E-state index in [2.05, 4.69) is 28.2 Å². The van der Waals surface area contributed by atoms with Gasteiger partial charge in [-0.25, -0.2) is 0 Å². The maximum absolute atomic E-state index is 11.7. The zero-order valence-corrected chi connectivity index (χ0v) is 11.8. The molecule has 0 aliphatic heterocycles. The van der Waals surface area contributed by atoms with E-state index in [-0.39, 0.29) is 11.5 Å². The molecule has 0 radical (unpaired) electrons. The number of nitrogens with zero attached hydrogens (tertiary/aromatic N) is 1. The lowest BCUT2D eigenvalue weighted by Crippen LogP contribution is -2.25. The maximum Gasteiger partial charge on any atom is 0.261 e. The van der Waals surface area contributed by atoms with Gasteiger partial charge in [-0.3, -0.25) is 4.79 Å². The molecule has 0 aliphatic carbocycles. The van der Waals surface area contributed by atoms with Crippen molar-refractivity contribution in [1.29, 1.82) is 5.26 Å². The number of rotatable bonds is 5. The van der Waals surface area contributed by atoms with E-state index < -0.39 is 0 Å². The molecule has 0 fully saturated rings. The number of hydrogen-bond donors (Lipinski definition) is 1. The smallest absolute Gasteiger partial charge is 0.261 e. The van der Waals surface area contributed by atoms with Crippen LogP contribution < -0.4 is 5.32 Å². The molecule has 0 aromatic heterocycles. The molecule has 1 aromatic rings. The fourth-order valence-corrected chi connectivity index (χ4v) is 1.80. The number of benzene rings is 1. The van der Waals surface area contributed by atoms with Crippen LogP contribution in [0.2, 0.25) is 0 Å². The summed E-state index contributed by atoms with van der Waals surface area (Å²) in [6.07, 6.45) is 3.52. The predicted molar refractivity (Wildman–Crippen MR) is 75.6 cm³/mol. The van der Waals surface area contributed by atoms with Gasteiger partial charge in [0.15, 0.2) is 0 Å². The molecule has 1 amide bonds. The molecule has 4 heteroatoms. The van der Waals surface area contributed by atoms with Gasteiger partial charge in [-0.1, -0.05) is 41.4 Å². The minimum Gasteiger partial charge on any atom is -0.351 e. The third-order valence-electron chi connectivity index (χ3n) is 2.34. The number of amides is 1. The normalized spacial score (nSPS) is 10.8. The molecule has 0 aliphatic rings. The summed E-state index contributed by atoms with van der Waals surface area (Å²) >= 11 is 3.35. The van der Waals surface area contributed by atoms with Gasteiger partial charge < -0.3 is 5.32 Å². The monoisotopic (exact) mass is 306 g/mol. The lowest BCUT2D eigenvalue weighted by molar-refractivity contribution is -0.117. The van der Waals surface area contributed by atoms with Crippen LogP contribution in [0.15, 0.2) is 34.3 Å². The molecule has 0 heterocycles.